The molecule has 3 heteroatoms. The quantitative estimate of drug-likeness (QED) is 0.637. The van der Waals surface area contributed by atoms with Gasteiger partial charge in [-0.3, -0.25) is 0 Å². The summed E-state index contributed by atoms with van der Waals surface area (Å²) in [4.78, 5) is 0. The van der Waals surface area contributed by atoms with Crippen molar-refractivity contribution in [2.75, 3.05) is 0 Å². The molecular formula is C9H14N2O. The van der Waals surface area contributed by atoms with E-state index in [9.17, 15) is 0 Å². The molecule has 12 heavy (non-hydrogen) atoms. The van der Waals surface area contributed by atoms with E-state index in [1.807, 2.05) is 0 Å². The number of aromatic nitrogens is 1. The molecule has 0 fully saturated rings. The fraction of sp³-hybridized carbons (Fsp3) is 0.667. The van der Waals surface area contributed by atoms with E-state index < -0.39 is 0 Å². The highest BCUT2D eigenvalue weighted by atomic mass is 16.5. The predicted octanol–water partition coefficient (Wildman–Crippen LogP) is 1.65. The predicted molar refractivity (Wildman–Crippen MR) is 45.5 cm³/mol. The van der Waals surface area contributed by atoms with Crippen LogP contribution in [0.15, 0.2) is 10.7 Å². The van der Waals surface area contributed by atoms with Gasteiger partial charge in [0.1, 0.15) is 5.76 Å². The molecule has 0 amide bonds. The molecule has 3 nitrogen and oxygen atoms in total. The van der Waals surface area contributed by atoms with E-state index in [4.69, 9.17) is 10.3 Å². The molecular weight excluding hydrogens is 152 g/mol. The Morgan fingerprint density at radius 2 is 2.42 bits per heavy atom. The van der Waals surface area contributed by atoms with E-state index in [0.717, 1.165) is 24.2 Å². The molecule has 0 aromatic carbocycles. The zero-order chi connectivity index (χ0) is 8.77. The Kier molecular flexibility index (Phi) is 1.51. The smallest absolute Gasteiger partial charge is 0.141 e. The van der Waals surface area contributed by atoms with Crippen LogP contribution in [-0.2, 0) is 6.42 Å². The van der Waals surface area contributed by atoms with Crippen LogP contribution in [0.5, 0.6) is 0 Å². The van der Waals surface area contributed by atoms with Crippen molar-refractivity contribution in [3.63, 3.8) is 0 Å². The standard InChI is InChI=1S/C9H14N2O/c1-9(2)4-3-7-6(8(9)10)5-11-12-7/h5,8H,3-4,10H2,1-2H3. The van der Waals surface area contributed by atoms with Crippen LogP contribution in [0.25, 0.3) is 0 Å². The van der Waals surface area contributed by atoms with Crippen molar-refractivity contribution in [1.29, 1.82) is 0 Å². The van der Waals surface area contributed by atoms with Gasteiger partial charge in [0.05, 0.1) is 6.20 Å². The summed E-state index contributed by atoms with van der Waals surface area (Å²) in [7, 11) is 0. The van der Waals surface area contributed by atoms with Crippen molar-refractivity contribution in [3.8, 4) is 0 Å². The molecule has 2 rings (SSSR count). The molecule has 0 saturated heterocycles. The first-order valence-electron chi connectivity index (χ1n) is 4.30. The molecule has 0 spiro atoms. The Morgan fingerprint density at radius 3 is 3.17 bits per heavy atom. The molecule has 0 bridgehead atoms. The topological polar surface area (TPSA) is 52.0 Å². The van der Waals surface area contributed by atoms with Gasteiger partial charge in [0.25, 0.3) is 0 Å². The number of nitrogens with two attached hydrogens (primary N) is 1. The van der Waals surface area contributed by atoms with Crippen LogP contribution < -0.4 is 5.73 Å². The van der Waals surface area contributed by atoms with Gasteiger partial charge in [-0.05, 0) is 11.8 Å². The summed E-state index contributed by atoms with van der Waals surface area (Å²) in [5, 5.41) is 3.76. The Balaban J connectivity index is 2.42. The lowest BCUT2D eigenvalue weighted by Crippen LogP contribution is -2.33. The van der Waals surface area contributed by atoms with Gasteiger partial charge in [0.2, 0.25) is 0 Å². The third kappa shape index (κ3) is 0.966. The lowest BCUT2D eigenvalue weighted by atomic mass is 9.73. The highest BCUT2D eigenvalue weighted by Crippen LogP contribution is 2.41. The van der Waals surface area contributed by atoms with Crippen LogP contribution in [0.1, 0.15) is 37.6 Å². The SMILES string of the molecule is CC1(C)CCc2oncc2C1N. The first-order valence-corrected chi connectivity index (χ1v) is 4.30. The van der Waals surface area contributed by atoms with Gasteiger partial charge in [0, 0.05) is 18.0 Å². The maximum absolute atomic E-state index is 6.07. The molecule has 1 unspecified atom stereocenters. The summed E-state index contributed by atoms with van der Waals surface area (Å²) < 4.78 is 5.09. The molecule has 1 aliphatic rings. The Hall–Kier alpha value is -0.830. The average Bonchev–Trinajstić information content (AvgIpc) is 2.45. The van der Waals surface area contributed by atoms with Crippen molar-refractivity contribution in [1.82, 2.24) is 5.16 Å². The maximum atomic E-state index is 6.07. The minimum absolute atomic E-state index is 0.0764. The highest BCUT2D eigenvalue weighted by molar-refractivity contribution is 5.23. The zero-order valence-corrected chi connectivity index (χ0v) is 7.50. The molecule has 2 N–H and O–H groups in total. The Morgan fingerprint density at radius 1 is 1.67 bits per heavy atom. The summed E-state index contributed by atoms with van der Waals surface area (Å²) in [6.45, 7) is 4.38. The van der Waals surface area contributed by atoms with Gasteiger partial charge in [-0.1, -0.05) is 19.0 Å². The van der Waals surface area contributed by atoms with Gasteiger partial charge in [-0.25, -0.2) is 0 Å². The average molecular weight is 166 g/mol. The summed E-state index contributed by atoms with van der Waals surface area (Å²) >= 11 is 0. The largest absolute Gasteiger partial charge is 0.361 e. The van der Waals surface area contributed by atoms with Crippen LogP contribution in [-0.4, -0.2) is 5.16 Å². The molecule has 1 aromatic heterocycles. The Labute approximate surface area is 71.9 Å². The summed E-state index contributed by atoms with van der Waals surface area (Å²) in [5.74, 6) is 0.974. The van der Waals surface area contributed by atoms with E-state index in [2.05, 4.69) is 19.0 Å². The third-order valence-corrected chi connectivity index (χ3v) is 2.85. The minimum atomic E-state index is 0.0764. The summed E-state index contributed by atoms with van der Waals surface area (Å²) in [6, 6.07) is 0.0764. The monoisotopic (exact) mass is 166 g/mol. The zero-order valence-electron chi connectivity index (χ0n) is 7.50. The van der Waals surface area contributed by atoms with Crippen molar-refractivity contribution in [3.05, 3.63) is 17.5 Å². The van der Waals surface area contributed by atoms with Crippen LogP contribution in [0, 0.1) is 5.41 Å². The molecule has 0 saturated carbocycles. The number of fused-ring (bicyclic) bond motifs is 1. The number of nitrogens with zero attached hydrogens (tertiary/aromatic N) is 1. The molecule has 0 radical (unpaired) electrons. The fourth-order valence-corrected chi connectivity index (χ4v) is 1.73. The molecule has 1 aliphatic carbocycles. The summed E-state index contributed by atoms with van der Waals surface area (Å²) in [5.41, 5.74) is 7.34. The van der Waals surface area contributed by atoms with E-state index in [1.165, 1.54) is 0 Å². The van der Waals surface area contributed by atoms with Crippen molar-refractivity contribution in [2.24, 2.45) is 11.1 Å². The lowest BCUT2D eigenvalue weighted by molar-refractivity contribution is 0.230. The maximum Gasteiger partial charge on any atom is 0.141 e. The Bertz CT molecular complexity index is 290. The number of hydrogen-bond acceptors (Lipinski definition) is 3. The van der Waals surface area contributed by atoms with Crippen LogP contribution in [0.4, 0.5) is 0 Å². The van der Waals surface area contributed by atoms with Gasteiger partial charge < -0.3 is 10.3 Å². The van der Waals surface area contributed by atoms with Crippen molar-refractivity contribution < 1.29 is 4.52 Å². The molecule has 1 atom stereocenters. The molecule has 0 aliphatic heterocycles. The minimum Gasteiger partial charge on any atom is -0.361 e. The first kappa shape index (κ1) is 7.80. The van der Waals surface area contributed by atoms with Crippen LogP contribution in [0.3, 0.4) is 0 Å². The second-order valence-corrected chi connectivity index (χ2v) is 4.17. The van der Waals surface area contributed by atoms with E-state index in [-0.39, 0.29) is 11.5 Å². The fourth-order valence-electron chi connectivity index (χ4n) is 1.73. The van der Waals surface area contributed by atoms with Crippen LogP contribution in [0.2, 0.25) is 0 Å². The second-order valence-electron chi connectivity index (χ2n) is 4.17. The van der Waals surface area contributed by atoms with E-state index in [1.54, 1.807) is 6.20 Å². The summed E-state index contributed by atoms with van der Waals surface area (Å²) in [6.07, 6.45) is 3.80. The van der Waals surface area contributed by atoms with Gasteiger partial charge in [0.15, 0.2) is 0 Å². The van der Waals surface area contributed by atoms with Crippen LogP contribution >= 0.6 is 0 Å². The van der Waals surface area contributed by atoms with Gasteiger partial charge >= 0.3 is 0 Å². The number of hydrogen-bond donors (Lipinski definition) is 1. The third-order valence-electron chi connectivity index (χ3n) is 2.85. The number of rotatable bonds is 0. The molecule has 1 aromatic rings. The van der Waals surface area contributed by atoms with E-state index in [0.29, 0.717) is 0 Å². The highest BCUT2D eigenvalue weighted by Gasteiger charge is 2.35. The second kappa shape index (κ2) is 2.33. The van der Waals surface area contributed by atoms with Gasteiger partial charge in [-0.15, -0.1) is 0 Å². The molecule has 1 heterocycles. The lowest BCUT2D eigenvalue weighted by Gasteiger charge is -2.34. The first-order chi connectivity index (χ1) is 5.61. The molecule has 66 valence electrons. The van der Waals surface area contributed by atoms with Gasteiger partial charge in [-0.2, -0.15) is 0 Å². The normalized spacial score (nSPS) is 26.8. The number of aryl methyl sites for hydroxylation is 1. The van der Waals surface area contributed by atoms with E-state index >= 15 is 0 Å². The van der Waals surface area contributed by atoms with Crippen molar-refractivity contribution in [2.45, 2.75) is 32.7 Å². The van der Waals surface area contributed by atoms with Crippen molar-refractivity contribution >= 4 is 0 Å².